The minimum absolute atomic E-state index is 0.0298. The molecule has 0 bridgehead atoms. The van der Waals surface area contributed by atoms with Gasteiger partial charge >= 0.3 is 0 Å². The van der Waals surface area contributed by atoms with Crippen LogP contribution in [0, 0.1) is 0 Å². The minimum atomic E-state index is 0.0298. The van der Waals surface area contributed by atoms with Gasteiger partial charge in [0.2, 0.25) is 0 Å². The molecule has 0 saturated carbocycles. The fourth-order valence-electron chi connectivity index (χ4n) is 1.10. The highest BCUT2D eigenvalue weighted by atomic mass is 16.3. The van der Waals surface area contributed by atoms with E-state index in [-0.39, 0.29) is 18.7 Å². The van der Waals surface area contributed by atoms with Gasteiger partial charge in [-0.05, 0) is 12.0 Å². The number of rotatable bonds is 2. The van der Waals surface area contributed by atoms with Crippen LogP contribution in [0.3, 0.4) is 0 Å². The van der Waals surface area contributed by atoms with Crippen molar-refractivity contribution in [3.8, 4) is 0 Å². The number of nitrogens with one attached hydrogen (secondary N) is 1. The molecule has 5 heteroatoms. The van der Waals surface area contributed by atoms with E-state index in [1.165, 1.54) is 0 Å². The second-order valence-electron chi connectivity index (χ2n) is 2.38. The summed E-state index contributed by atoms with van der Waals surface area (Å²) in [5, 5.41) is 15.2. The van der Waals surface area contributed by atoms with E-state index in [1.54, 1.807) is 0 Å². The van der Waals surface area contributed by atoms with Gasteiger partial charge in [0, 0.05) is 17.5 Å². The van der Waals surface area contributed by atoms with E-state index >= 15 is 0 Å². The first-order chi connectivity index (χ1) is 4.86. The van der Waals surface area contributed by atoms with E-state index in [0.29, 0.717) is 6.54 Å². The third-order valence-corrected chi connectivity index (χ3v) is 1.63. The van der Waals surface area contributed by atoms with Crippen molar-refractivity contribution in [2.24, 2.45) is 5.11 Å². The number of aliphatic hydroxyl groups is 1. The van der Waals surface area contributed by atoms with Gasteiger partial charge in [-0.2, -0.15) is 0 Å². The van der Waals surface area contributed by atoms with Gasteiger partial charge in [0.05, 0.1) is 12.6 Å². The molecule has 0 aromatic heterocycles. The zero-order valence-electron chi connectivity index (χ0n) is 5.56. The Labute approximate surface area is 58.7 Å². The maximum Gasteiger partial charge on any atom is 0.0584 e. The molecule has 1 rings (SSSR count). The molecule has 1 saturated heterocycles. The second kappa shape index (κ2) is 3.41. The lowest BCUT2D eigenvalue weighted by Crippen LogP contribution is -2.24. The van der Waals surface area contributed by atoms with Crippen molar-refractivity contribution in [3.63, 3.8) is 0 Å². The van der Waals surface area contributed by atoms with Crippen LogP contribution in [0.25, 0.3) is 10.4 Å². The summed E-state index contributed by atoms with van der Waals surface area (Å²) in [6.45, 7) is 0.812. The molecule has 2 atom stereocenters. The van der Waals surface area contributed by atoms with Gasteiger partial charge in [-0.25, -0.2) is 0 Å². The molecule has 0 aromatic rings. The van der Waals surface area contributed by atoms with E-state index in [9.17, 15) is 0 Å². The van der Waals surface area contributed by atoms with Crippen molar-refractivity contribution >= 4 is 0 Å². The Bertz CT molecular complexity index is 154. The van der Waals surface area contributed by atoms with Crippen molar-refractivity contribution in [3.05, 3.63) is 10.4 Å². The molecule has 56 valence electrons. The molecule has 5 nitrogen and oxygen atoms in total. The van der Waals surface area contributed by atoms with Crippen molar-refractivity contribution in [1.82, 2.24) is 5.32 Å². The second-order valence-corrected chi connectivity index (χ2v) is 2.38. The van der Waals surface area contributed by atoms with E-state index in [0.717, 1.165) is 6.42 Å². The normalized spacial score (nSPS) is 31.7. The SMILES string of the molecule is [N-]=[N+]=N[C@@H]1CN[C@H](CO)C1. The number of nitrogens with zero attached hydrogens (tertiary/aromatic N) is 3. The Kier molecular flexibility index (Phi) is 2.50. The lowest BCUT2D eigenvalue weighted by molar-refractivity contribution is 0.254. The Hall–Kier alpha value is -0.770. The molecular weight excluding hydrogens is 132 g/mol. The van der Waals surface area contributed by atoms with Gasteiger partial charge in [-0.3, -0.25) is 0 Å². The number of azide groups is 1. The molecule has 10 heavy (non-hydrogen) atoms. The first-order valence-electron chi connectivity index (χ1n) is 3.25. The predicted molar refractivity (Wildman–Crippen MR) is 36.4 cm³/mol. The molecule has 2 N–H and O–H groups in total. The van der Waals surface area contributed by atoms with Crippen LogP contribution >= 0.6 is 0 Å². The maximum atomic E-state index is 8.65. The van der Waals surface area contributed by atoms with Crippen LogP contribution in [-0.2, 0) is 0 Å². The molecule has 1 heterocycles. The Balaban J connectivity index is 2.35. The zero-order chi connectivity index (χ0) is 7.40. The van der Waals surface area contributed by atoms with Crippen LogP contribution in [0.2, 0.25) is 0 Å². The highest BCUT2D eigenvalue weighted by Crippen LogP contribution is 2.09. The third kappa shape index (κ3) is 1.60. The van der Waals surface area contributed by atoms with Gasteiger partial charge in [0.1, 0.15) is 0 Å². The Morgan fingerprint density at radius 2 is 2.60 bits per heavy atom. The lowest BCUT2D eigenvalue weighted by Gasteiger charge is -2.02. The molecule has 0 amide bonds. The average Bonchev–Trinajstić information content (AvgIpc) is 2.37. The van der Waals surface area contributed by atoms with E-state index < -0.39 is 0 Å². The standard InChI is InChI=1S/C5H10N4O/c6-9-8-4-1-5(3-10)7-2-4/h4-5,7,10H,1-3H2/t4-,5-/m0/s1. The van der Waals surface area contributed by atoms with E-state index in [2.05, 4.69) is 15.3 Å². The van der Waals surface area contributed by atoms with Crippen LogP contribution in [0.4, 0.5) is 0 Å². The Morgan fingerprint density at radius 1 is 1.80 bits per heavy atom. The summed E-state index contributed by atoms with van der Waals surface area (Å²) < 4.78 is 0. The summed E-state index contributed by atoms with van der Waals surface area (Å²) in [5.74, 6) is 0. The van der Waals surface area contributed by atoms with Crippen LogP contribution in [-0.4, -0.2) is 30.3 Å². The third-order valence-electron chi connectivity index (χ3n) is 1.63. The average molecular weight is 142 g/mol. The summed E-state index contributed by atoms with van der Waals surface area (Å²) in [4.78, 5) is 2.69. The highest BCUT2D eigenvalue weighted by molar-refractivity contribution is 4.85. The van der Waals surface area contributed by atoms with Crippen molar-refractivity contribution in [2.45, 2.75) is 18.5 Å². The van der Waals surface area contributed by atoms with E-state index in [1.807, 2.05) is 0 Å². The minimum Gasteiger partial charge on any atom is -0.395 e. The highest BCUT2D eigenvalue weighted by Gasteiger charge is 2.21. The molecule has 1 fully saturated rings. The summed E-state index contributed by atoms with van der Waals surface area (Å²) in [7, 11) is 0. The van der Waals surface area contributed by atoms with Crippen LogP contribution < -0.4 is 5.32 Å². The zero-order valence-corrected chi connectivity index (χ0v) is 5.56. The van der Waals surface area contributed by atoms with Gasteiger partial charge in [-0.15, -0.1) is 0 Å². The molecule has 0 aliphatic carbocycles. The predicted octanol–water partition coefficient (Wildman–Crippen LogP) is 0.0195. The fourth-order valence-corrected chi connectivity index (χ4v) is 1.10. The lowest BCUT2D eigenvalue weighted by atomic mass is 10.2. The molecule has 0 spiro atoms. The monoisotopic (exact) mass is 142 g/mol. The van der Waals surface area contributed by atoms with Crippen molar-refractivity contribution in [2.75, 3.05) is 13.2 Å². The maximum absolute atomic E-state index is 8.65. The fraction of sp³-hybridized carbons (Fsp3) is 1.00. The van der Waals surface area contributed by atoms with Gasteiger partial charge in [-0.1, -0.05) is 5.11 Å². The van der Waals surface area contributed by atoms with Gasteiger partial charge in [0.25, 0.3) is 0 Å². The topological polar surface area (TPSA) is 81.0 Å². The number of hydrogen-bond donors (Lipinski definition) is 2. The van der Waals surface area contributed by atoms with Crippen LogP contribution in [0.1, 0.15) is 6.42 Å². The van der Waals surface area contributed by atoms with Crippen LogP contribution in [0.5, 0.6) is 0 Å². The summed E-state index contributed by atoms with van der Waals surface area (Å²) in [6.07, 6.45) is 0.751. The summed E-state index contributed by atoms with van der Waals surface area (Å²) >= 11 is 0. The van der Waals surface area contributed by atoms with Crippen LogP contribution in [0.15, 0.2) is 5.11 Å². The summed E-state index contributed by atoms with van der Waals surface area (Å²) in [6, 6.07) is 0.151. The Morgan fingerprint density at radius 3 is 3.10 bits per heavy atom. The number of hydrogen-bond acceptors (Lipinski definition) is 3. The van der Waals surface area contributed by atoms with Gasteiger partial charge in [0.15, 0.2) is 0 Å². The van der Waals surface area contributed by atoms with E-state index in [4.69, 9.17) is 10.6 Å². The van der Waals surface area contributed by atoms with Gasteiger partial charge < -0.3 is 10.4 Å². The molecule has 1 aliphatic rings. The molecule has 0 aromatic carbocycles. The quantitative estimate of drug-likeness (QED) is 0.323. The molecule has 0 unspecified atom stereocenters. The number of aliphatic hydroxyl groups excluding tert-OH is 1. The molecule has 1 aliphatic heterocycles. The largest absolute Gasteiger partial charge is 0.395 e. The smallest absolute Gasteiger partial charge is 0.0584 e. The first-order valence-corrected chi connectivity index (χ1v) is 3.25. The van der Waals surface area contributed by atoms with Crippen molar-refractivity contribution in [1.29, 1.82) is 0 Å². The van der Waals surface area contributed by atoms with Crippen molar-refractivity contribution < 1.29 is 5.11 Å². The molecular formula is C5H10N4O. The molecule has 0 radical (unpaired) electrons. The summed E-state index contributed by atoms with van der Waals surface area (Å²) in [5.41, 5.74) is 8.05. The first kappa shape index (κ1) is 7.34.